The molecule has 0 amide bonds. The number of hydrogen-bond donors (Lipinski definition) is 0. The molecule has 1 fully saturated rings. The first-order valence-corrected chi connectivity index (χ1v) is 7.99. The maximum absolute atomic E-state index is 5.59. The lowest BCUT2D eigenvalue weighted by atomic mass is 10.2. The van der Waals surface area contributed by atoms with Crippen molar-refractivity contribution in [3.63, 3.8) is 0 Å². The number of hydrogen-bond acceptors (Lipinski definition) is 5. The second kappa shape index (κ2) is 5.96. The van der Waals surface area contributed by atoms with E-state index in [1.54, 1.807) is 0 Å². The zero-order valence-electron chi connectivity index (χ0n) is 13.1. The summed E-state index contributed by atoms with van der Waals surface area (Å²) in [5, 5.41) is 13.3. The van der Waals surface area contributed by atoms with E-state index in [0.29, 0.717) is 6.04 Å². The predicted molar refractivity (Wildman–Crippen MR) is 88.5 cm³/mol. The first kappa shape index (κ1) is 14.1. The van der Waals surface area contributed by atoms with Gasteiger partial charge in [-0.15, -0.1) is 15.3 Å². The highest BCUT2D eigenvalue weighted by Gasteiger charge is 2.23. The van der Waals surface area contributed by atoms with Gasteiger partial charge in [0.25, 0.3) is 0 Å². The number of fused-ring (bicyclic) bond motifs is 1. The third-order valence-electron chi connectivity index (χ3n) is 4.27. The fraction of sp³-hybridized carbons (Fsp3) is 0.353. The molecule has 1 aliphatic rings. The van der Waals surface area contributed by atoms with Crippen LogP contribution in [0.3, 0.4) is 0 Å². The highest BCUT2D eigenvalue weighted by atomic mass is 16.5. The summed E-state index contributed by atoms with van der Waals surface area (Å²) in [6.07, 6.45) is 1.04. The average Bonchev–Trinajstić information content (AvgIpc) is 3.05. The SMILES string of the molecule is CCC1COCCN1c1ccc2nnc(-c3ccccc3)n2n1. The van der Waals surface area contributed by atoms with Crippen molar-refractivity contribution in [2.24, 2.45) is 0 Å². The minimum absolute atomic E-state index is 0.366. The Bertz CT molecular complexity index is 801. The average molecular weight is 309 g/mol. The minimum atomic E-state index is 0.366. The number of nitrogens with zero attached hydrogens (tertiary/aromatic N) is 5. The van der Waals surface area contributed by atoms with Gasteiger partial charge in [0.15, 0.2) is 11.5 Å². The largest absolute Gasteiger partial charge is 0.377 e. The van der Waals surface area contributed by atoms with E-state index in [9.17, 15) is 0 Å². The molecule has 23 heavy (non-hydrogen) atoms. The summed E-state index contributed by atoms with van der Waals surface area (Å²) in [5.74, 6) is 1.72. The molecule has 118 valence electrons. The molecule has 0 N–H and O–H groups in total. The fourth-order valence-electron chi connectivity index (χ4n) is 2.99. The quantitative estimate of drug-likeness (QED) is 0.743. The van der Waals surface area contributed by atoms with Gasteiger partial charge in [0, 0.05) is 12.1 Å². The van der Waals surface area contributed by atoms with Crippen LogP contribution in [0, 0.1) is 0 Å². The van der Waals surface area contributed by atoms with E-state index in [1.165, 1.54) is 0 Å². The van der Waals surface area contributed by atoms with Gasteiger partial charge in [-0.2, -0.15) is 4.52 Å². The number of rotatable bonds is 3. The zero-order chi connectivity index (χ0) is 15.6. The Kier molecular flexibility index (Phi) is 3.67. The number of morpholine rings is 1. The molecule has 1 saturated heterocycles. The second-order valence-electron chi connectivity index (χ2n) is 5.68. The monoisotopic (exact) mass is 309 g/mol. The summed E-state index contributed by atoms with van der Waals surface area (Å²) in [4.78, 5) is 2.32. The highest BCUT2D eigenvalue weighted by Crippen LogP contribution is 2.22. The lowest BCUT2D eigenvalue weighted by Crippen LogP contribution is -2.45. The molecule has 0 saturated carbocycles. The lowest BCUT2D eigenvalue weighted by Gasteiger charge is -2.35. The summed E-state index contributed by atoms with van der Waals surface area (Å²) in [6, 6.07) is 14.4. The normalized spacial score (nSPS) is 18.5. The van der Waals surface area contributed by atoms with Crippen LogP contribution in [0.4, 0.5) is 5.82 Å². The van der Waals surface area contributed by atoms with Crippen LogP contribution in [0.15, 0.2) is 42.5 Å². The van der Waals surface area contributed by atoms with Crippen molar-refractivity contribution in [3.8, 4) is 11.4 Å². The van der Waals surface area contributed by atoms with Gasteiger partial charge in [0.2, 0.25) is 0 Å². The van der Waals surface area contributed by atoms with Crippen molar-refractivity contribution >= 4 is 11.5 Å². The summed E-state index contributed by atoms with van der Waals surface area (Å²) in [6.45, 7) is 4.53. The van der Waals surface area contributed by atoms with E-state index in [2.05, 4.69) is 22.0 Å². The topological polar surface area (TPSA) is 55.5 Å². The van der Waals surface area contributed by atoms with Crippen molar-refractivity contribution < 1.29 is 4.74 Å². The molecule has 3 aromatic rings. The Morgan fingerprint density at radius 1 is 1.13 bits per heavy atom. The van der Waals surface area contributed by atoms with E-state index in [0.717, 1.165) is 49.0 Å². The molecule has 1 unspecified atom stereocenters. The van der Waals surface area contributed by atoms with Gasteiger partial charge in [-0.1, -0.05) is 37.3 Å². The van der Waals surface area contributed by atoms with Crippen molar-refractivity contribution in [3.05, 3.63) is 42.5 Å². The summed E-state index contributed by atoms with van der Waals surface area (Å²) < 4.78 is 7.42. The smallest absolute Gasteiger partial charge is 0.185 e. The Balaban J connectivity index is 1.78. The van der Waals surface area contributed by atoms with Crippen molar-refractivity contribution in [2.75, 3.05) is 24.7 Å². The summed E-state index contributed by atoms with van der Waals surface area (Å²) in [7, 11) is 0. The molecule has 0 spiro atoms. The Morgan fingerprint density at radius 2 is 2.00 bits per heavy atom. The van der Waals surface area contributed by atoms with Crippen LogP contribution in [0.25, 0.3) is 17.0 Å². The molecule has 1 aliphatic heterocycles. The van der Waals surface area contributed by atoms with E-state index in [4.69, 9.17) is 9.84 Å². The van der Waals surface area contributed by atoms with Gasteiger partial charge < -0.3 is 9.64 Å². The van der Waals surface area contributed by atoms with Crippen LogP contribution in [0.5, 0.6) is 0 Å². The summed E-state index contributed by atoms with van der Waals surface area (Å²) in [5.41, 5.74) is 1.77. The molecule has 1 atom stereocenters. The van der Waals surface area contributed by atoms with Crippen LogP contribution in [0.1, 0.15) is 13.3 Å². The third kappa shape index (κ3) is 2.55. The zero-order valence-corrected chi connectivity index (χ0v) is 13.1. The molecule has 3 heterocycles. The number of ether oxygens (including phenoxy) is 1. The Hall–Kier alpha value is -2.47. The maximum atomic E-state index is 5.59. The van der Waals surface area contributed by atoms with Crippen molar-refractivity contribution in [1.29, 1.82) is 0 Å². The van der Waals surface area contributed by atoms with E-state index in [-0.39, 0.29) is 0 Å². The molecule has 6 nitrogen and oxygen atoms in total. The van der Waals surface area contributed by atoms with Gasteiger partial charge in [0.1, 0.15) is 5.82 Å². The molecule has 2 aromatic heterocycles. The number of benzene rings is 1. The van der Waals surface area contributed by atoms with Crippen molar-refractivity contribution in [1.82, 2.24) is 19.8 Å². The first-order chi connectivity index (χ1) is 11.4. The van der Waals surface area contributed by atoms with Crippen LogP contribution in [-0.2, 0) is 4.74 Å². The molecule has 0 aliphatic carbocycles. The van der Waals surface area contributed by atoms with Gasteiger partial charge in [-0.25, -0.2) is 0 Å². The Labute approximate surface area is 134 Å². The van der Waals surface area contributed by atoms with E-state index >= 15 is 0 Å². The second-order valence-corrected chi connectivity index (χ2v) is 5.68. The molecule has 6 heteroatoms. The third-order valence-corrected chi connectivity index (χ3v) is 4.27. The molecule has 4 rings (SSSR count). The highest BCUT2D eigenvalue weighted by molar-refractivity contribution is 5.59. The van der Waals surface area contributed by atoms with E-state index < -0.39 is 0 Å². The molecular formula is C17H19N5O. The minimum Gasteiger partial charge on any atom is -0.377 e. The van der Waals surface area contributed by atoms with Crippen LogP contribution in [-0.4, -0.2) is 45.6 Å². The Morgan fingerprint density at radius 3 is 2.83 bits per heavy atom. The van der Waals surface area contributed by atoms with Crippen LogP contribution >= 0.6 is 0 Å². The molecule has 0 bridgehead atoms. The molecular weight excluding hydrogens is 290 g/mol. The fourth-order valence-corrected chi connectivity index (χ4v) is 2.99. The predicted octanol–water partition coefficient (Wildman–Crippen LogP) is 2.41. The standard InChI is InChI=1S/C17H19N5O/c1-2-14-12-23-11-10-21(14)16-9-8-15-18-19-17(22(15)20-16)13-6-4-3-5-7-13/h3-9,14H,2,10-12H2,1H3. The number of anilines is 1. The van der Waals surface area contributed by atoms with Gasteiger partial charge in [-0.3, -0.25) is 0 Å². The number of aromatic nitrogens is 4. The van der Waals surface area contributed by atoms with E-state index in [1.807, 2.05) is 47.0 Å². The van der Waals surface area contributed by atoms with Crippen molar-refractivity contribution in [2.45, 2.75) is 19.4 Å². The maximum Gasteiger partial charge on any atom is 0.185 e. The summed E-state index contributed by atoms with van der Waals surface area (Å²) >= 11 is 0. The first-order valence-electron chi connectivity index (χ1n) is 7.99. The van der Waals surface area contributed by atoms with Crippen LogP contribution < -0.4 is 4.90 Å². The van der Waals surface area contributed by atoms with Crippen LogP contribution in [0.2, 0.25) is 0 Å². The van der Waals surface area contributed by atoms with Gasteiger partial charge in [0.05, 0.1) is 19.3 Å². The van der Waals surface area contributed by atoms with Gasteiger partial charge >= 0.3 is 0 Å². The lowest BCUT2D eigenvalue weighted by molar-refractivity contribution is 0.0924. The molecule has 0 radical (unpaired) electrons. The van der Waals surface area contributed by atoms with Gasteiger partial charge in [-0.05, 0) is 18.6 Å². The molecule has 1 aromatic carbocycles.